The van der Waals surface area contributed by atoms with E-state index in [1.807, 2.05) is 0 Å². The van der Waals surface area contributed by atoms with Crippen LogP contribution in [0.4, 0.5) is 22.7 Å². The fourth-order valence-electron chi connectivity index (χ4n) is 2.31. The fourth-order valence-corrected chi connectivity index (χ4v) is 3.27. The van der Waals surface area contributed by atoms with Crippen LogP contribution in [0, 0.1) is 0 Å². The van der Waals surface area contributed by atoms with Crippen molar-refractivity contribution in [2.75, 3.05) is 0 Å². The second-order valence-corrected chi connectivity index (χ2v) is 9.01. The Bertz CT molecular complexity index is 1310. The van der Waals surface area contributed by atoms with Crippen molar-refractivity contribution in [2.45, 2.75) is 9.79 Å². The molecule has 0 heterocycles. The van der Waals surface area contributed by atoms with Gasteiger partial charge in [-0.2, -0.15) is 27.1 Å². The molecule has 0 bridgehead atoms. The molecule has 12 nitrogen and oxygen atoms in total. The van der Waals surface area contributed by atoms with E-state index in [9.17, 15) is 27.0 Å². The molecule has 0 fully saturated rings. The molecule has 3 aromatic carbocycles. The first-order valence-corrected chi connectivity index (χ1v) is 11.4. The zero-order valence-corrected chi connectivity index (χ0v) is 17.4. The van der Waals surface area contributed by atoms with Gasteiger partial charge in [0.1, 0.15) is 22.9 Å². The second kappa shape index (κ2) is 8.80. The van der Waals surface area contributed by atoms with Gasteiger partial charge >= 0.3 is 0 Å². The SMILES string of the molecule is O=S(=O)(O)c1ccc(N=Nc2cc(N=Nc3ccc(S(=O)(=O)O)cc3)c(O)cc2O)cc1. The highest BCUT2D eigenvalue weighted by Crippen LogP contribution is 2.39. The maximum absolute atomic E-state index is 11.0. The van der Waals surface area contributed by atoms with Crippen molar-refractivity contribution < 1.29 is 36.2 Å². The Morgan fingerprint density at radius 1 is 0.531 bits per heavy atom. The molecule has 3 aromatic rings. The van der Waals surface area contributed by atoms with Crippen LogP contribution >= 0.6 is 0 Å². The molecule has 0 amide bonds. The number of hydrogen-bond donors (Lipinski definition) is 4. The van der Waals surface area contributed by atoms with Crippen LogP contribution in [0.3, 0.4) is 0 Å². The van der Waals surface area contributed by atoms with Gasteiger partial charge in [0.15, 0.2) is 0 Å². The number of phenols is 2. The third kappa shape index (κ3) is 5.70. The van der Waals surface area contributed by atoms with Crippen LogP contribution in [0.2, 0.25) is 0 Å². The molecule has 0 aliphatic carbocycles. The average Bonchev–Trinajstić information content (AvgIpc) is 2.72. The summed E-state index contributed by atoms with van der Waals surface area (Å²) >= 11 is 0. The van der Waals surface area contributed by atoms with Crippen molar-refractivity contribution in [3.63, 3.8) is 0 Å². The second-order valence-electron chi connectivity index (χ2n) is 6.17. The predicted molar refractivity (Wildman–Crippen MR) is 111 cm³/mol. The molecule has 166 valence electrons. The largest absolute Gasteiger partial charge is 0.505 e. The molecule has 0 aliphatic rings. The van der Waals surface area contributed by atoms with E-state index >= 15 is 0 Å². The van der Waals surface area contributed by atoms with Gasteiger partial charge in [0.05, 0.1) is 21.2 Å². The summed E-state index contributed by atoms with van der Waals surface area (Å²) in [6.07, 6.45) is 0. The van der Waals surface area contributed by atoms with Crippen molar-refractivity contribution in [1.29, 1.82) is 0 Å². The molecule has 0 spiro atoms. The van der Waals surface area contributed by atoms with E-state index in [-0.39, 0.29) is 32.5 Å². The Labute approximate surface area is 181 Å². The first-order valence-electron chi connectivity index (χ1n) is 8.48. The van der Waals surface area contributed by atoms with Gasteiger partial charge in [-0.1, -0.05) is 0 Å². The van der Waals surface area contributed by atoms with Gasteiger partial charge in [0, 0.05) is 12.1 Å². The van der Waals surface area contributed by atoms with Crippen LogP contribution in [0.1, 0.15) is 0 Å². The summed E-state index contributed by atoms with van der Waals surface area (Å²) in [6.45, 7) is 0. The lowest BCUT2D eigenvalue weighted by molar-refractivity contribution is 0.452. The molecule has 32 heavy (non-hydrogen) atoms. The molecule has 0 atom stereocenters. The highest BCUT2D eigenvalue weighted by atomic mass is 32.2. The van der Waals surface area contributed by atoms with E-state index in [1.165, 1.54) is 30.3 Å². The molecule has 0 unspecified atom stereocenters. The van der Waals surface area contributed by atoms with Crippen LogP contribution in [-0.4, -0.2) is 36.2 Å². The first kappa shape index (κ1) is 23.0. The van der Waals surface area contributed by atoms with Crippen molar-refractivity contribution in [3.05, 3.63) is 60.7 Å². The van der Waals surface area contributed by atoms with Crippen molar-refractivity contribution >= 4 is 43.0 Å². The zero-order valence-electron chi connectivity index (χ0n) is 15.8. The summed E-state index contributed by atoms with van der Waals surface area (Å²) in [7, 11) is -8.70. The molecule has 0 saturated heterocycles. The van der Waals surface area contributed by atoms with Gasteiger partial charge in [-0.15, -0.1) is 10.2 Å². The van der Waals surface area contributed by atoms with Gasteiger partial charge < -0.3 is 10.2 Å². The van der Waals surface area contributed by atoms with E-state index in [2.05, 4.69) is 20.5 Å². The lowest BCUT2D eigenvalue weighted by Crippen LogP contribution is -1.96. The van der Waals surface area contributed by atoms with Crippen molar-refractivity contribution in [3.8, 4) is 11.5 Å². The Kier molecular flexibility index (Phi) is 6.31. The van der Waals surface area contributed by atoms with E-state index in [0.717, 1.165) is 30.3 Å². The third-order valence-corrected chi connectivity index (χ3v) is 5.62. The van der Waals surface area contributed by atoms with Gasteiger partial charge in [0.2, 0.25) is 0 Å². The average molecular weight is 478 g/mol. The first-order chi connectivity index (χ1) is 14.9. The summed E-state index contributed by atoms with van der Waals surface area (Å²) in [5.41, 5.74) is 0.258. The topological polar surface area (TPSA) is 199 Å². The van der Waals surface area contributed by atoms with Crippen molar-refractivity contribution in [2.24, 2.45) is 20.5 Å². The standard InChI is InChI=1S/C18H14N4O8S2/c23-17-10-18(24)16(22-20-12-3-7-14(8-4-12)32(28,29)30)9-15(17)21-19-11-1-5-13(6-2-11)31(25,26)27/h1-10,23-24H,(H,25,26,27)(H,28,29,30). The lowest BCUT2D eigenvalue weighted by atomic mass is 10.2. The number of hydrogen-bond acceptors (Lipinski definition) is 10. The molecule has 0 aliphatic heterocycles. The van der Waals surface area contributed by atoms with Gasteiger partial charge in [-0.3, -0.25) is 9.11 Å². The van der Waals surface area contributed by atoms with E-state index in [4.69, 9.17) is 9.11 Å². The highest BCUT2D eigenvalue weighted by Gasteiger charge is 2.11. The predicted octanol–water partition coefficient (Wildman–Crippen LogP) is 4.42. The molecular weight excluding hydrogens is 464 g/mol. The van der Waals surface area contributed by atoms with Crippen LogP contribution in [0.15, 0.2) is 90.9 Å². The maximum atomic E-state index is 11.0. The molecule has 14 heteroatoms. The van der Waals surface area contributed by atoms with Gasteiger partial charge in [0.25, 0.3) is 20.2 Å². The number of azo groups is 2. The van der Waals surface area contributed by atoms with Crippen LogP contribution in [0.25, 0.3) is 0 Å². The van der Waals surface area contributed by atoms with E-state index in [1.54, 1.807) is 0 Å². The fraction of sp³-hybridized carbons (Fsp3) is 0. The summed E-state index contributed by atoms with van der Waals surface area (Å²) < 4.78 is 62.1. The summed E-state index contributed by atoms with van der Waals surface area (Å²) in [6, 6.07) is 11.7. The van der Waals surface area contributed by atoms with Crippen LogP contribution < -0.4 is 0 Å². The summed E-state index contributed by atoms with van der Waals surface area (Å²) in [5, 5.41) is 35.2. The number of phenolic OH excluding ortho intramolecular Hbond substituents is 2. The summed E-state index contributed by atoms with van der Waals surface area (Å²) in [4.78, 5) is -0.646. The summed E-state index contributed by atoms with van der Waals surface area (Å²) in [5.74, 6) is -0.838. The third-order valence-electron chi connectivity index (χ3n) is 3.89. The van der Waals surface area contributed by atoms with E-state index in [0.29, 0.717) is 0 Å². The minimum atomic E-state index is -4.35. The number of nitrogens with zero attached hydrogens (tertiary/aromatic N) is 4. The van der Waals surface area contributed by atoms with Crippen LogP contribution in [-0.2, 0) is 20.2 Å². The lowest BCUT2D eigenvalue weighted by Gasteiger charge is -2.03. The normalized spacial score (nSPS) is 12.6. The number of rotatable bonds is 6. The minimum Gasteiger partial charge on any atom is -0.505 e. The maximum Gasteiger partial charge on any atom is 0.294 e. The zero-order chi connectivity index (χ0) is 23.5. The Morgan fingerprint density at radius 2 is 0.875 bits per heavy atom. The molecule has 3 rings (SSSR count). The van der Waals surface area contributed by atoms with Gasteiger partial charge in [-0.25, -0.2) is 0 Å². The Balaban J connectivity index is 1.84. The van der Waals surface area contributed by atoms with E-state index < -0.39 is 31.7 Å². The minimum absolute atomic E-state index is 0.0858. The smallest absolute Gasteiger partial charge is 0.294 e. The quantitative estimate of drug-likeness (QED) is 0.294. The van der Waals surface area contributed by atoms with Gasteiger partial charge in [-0.05, 0) is 48.5 Å². The Morgan fingerprint density at radius 3 is 1.19 bits per heavy atom. The molecule has 0 radical (unpaired) electrons. The number of benzene rings is 3. The molecular formula is C18H14N4O8S2. The Hall–Kier alpha value is -3.72. The monoisotopic (exact) mass is 478 g/mol. The van der Waals surface area contributed by atoms with Crippen LogP contribution in [0.5, 0.6) is 11.5 Å². The molecule has 4 N–H and O–H groups in total. The highest BCUT2D eigenvalue weighted by molar-refractivity contribution is 7.86. The molecule has 0 aromatic heterocycles. The molecule has 0 saturated carbocycles. The number of aromatic hydroxyl groups is 2. The van der Waals surface area contributed by atoms with Crippen molar-refractivity contribution in [1.82, 2.24) is 0 Å².